The minimum Gasteiger partial charge on any atom is -0.489 e. The van der Waals surface area contributed by atoms with E-state index in [4.69, 9.17) is 9.72 Å². The van der Waals surface area contributed by atoms with Crippen molar-refractivity contribution in [3.63, 3.8) is 0 Å². The normalized spacial score (nSPS) is 18.5. The first-order valence-electron chi connectivity index (χ1n) is 8.79. The Labute approximate surface area is 141 Å². The number of nitrogens with zero attached hydrogens (tertiary/aromatic N) is 4. The van der Waals surface area contributed by atoms with Crippen molar-refractivity contribution in [1.82, 2.24) is 20.0 Å². The van der Waals surface area contributed by atoms with Gasteiger partial charge in [0, 0.05) is 13.0 Å². The molecule has 0 atom stereocenters. The fourth-order valence-corrected chi connectivity index (χ4v) is 3.38. The van der Waals surface area contributed by atoms with Crippen LogP contribution in [0.1, 0.15) is 67.0 Å². The van der Waals surface area contributed by atoms with Crippen molar-refractivity contribution in [1.29, 1.82) is 0 Å². The first kappa shape index (κ1) is 15.3. The molecule has 6 heteroatoms. The predicted molar refractivity (Wildman–Crippen MR) is 89.1 cm³/mol. The quantitative estimate of drug-likeness (QED) is 0.789. The highest BCUT2D eigenvalue weighted by Gasteiger charge is 2.30. The van der Waals surface area contributed by atoms with Crippen LogP contribution < -0.4 is 4.74 Å². The number of aromatic nitrogens is 4. The maximum atomic E-state index is 11.3. The molecule has 0 radical (unpaired) electrons. The van der Waals surface area contributed by atoms with E-state index in [0.717, 1.165) is 43.4 Å². The van der Waals surface area contributed by atoms with Crippen molar-refractivity contribution in [2.45, 2.75) is 57.0 Å². The van der Waals surface area contributed by atoms with Gasteiger partial charge in [0.05, 0.1) is 17.5 Å². The van der Waals surface area contributed by atoms with Gasteiger partial charge in [-0.3, -0.25) is 4.79 Å². The summed E-state index contributed by atoms with van der Waals surface area (Å²) in [5.41, 5.74) is 2.70. The molecule has 2 heterocycles. The van der Waals surface area contributed by atoms with Crippen LogP contribution in [-0.2, 0) is 7.05 Å². The summed E-state index contributed by atoms with van der Waals surface area (Å²) in [7, 11) is 1.71. The summed E-state index contributed by atoms with van der Waals surface area (Å²) in [6, 6.07) is 3.88. The first-order valence-corrected chi connectivity index (χ1v) is 8.79. The number of carbonyl (C=O) groups excluding carboxylic acids is 1. The Hall–Kier alpha value is -2.24. The summed E-state index contributed by atoms with van der Waals surface area (Å²) in [6.45, 7) is 0. The van der Waals surface area contributed by atoms with E-state index in [-0.39, 0.29) is 0 Å². The van der Waals surface area contributed by atoms with Crippen LogP contribution in [0, 0.1) is 0 Å². The number of hydrogen-bond acceptors (Lipinski definition) is 5. The molecule has 2 fully saturated rings. The molecule has 2 saturated carbocycles. The summed E-state index contributed by atoms with van der Waals surface area (Å²) >= 11 is 0. The third kappa shape index (κ3) is 2.92. The Morgan fingerprint density at radius 1 is 1.17 bits per heavy atom. The van der Waals surface area contributed by atoms with Crippen LogP contribution in [0.25, 0.3) is 11.4 Å². The number of aryl methyl sites for hydroxylation is 1. The summed E-state index contributed by atoms with van der Waals surface area (Å²) in [5, 5.41) is 8.04. The Kier molecular flexibility index (Phi) is 4.04. The van der Waals surface area contributed by atoms with Crippen molar-refractivity contribution in [3.05, 3.63) is 23.5 Å². The molecule has 0 unspecified atom stereocenters. The summed E-state index contributed by atoms with van der Waals surface area (Å²) in [6.07, 6.45) is 9.46. The molecule has 0 bridgehead atoms. The molecule has 4 rings (SSSR count). The molecule has 2 aromatic heterocycles. The number of ether oxygens (including phenoxy) is 1. The van der Waals surface area contributed by atoms with Crippen molar-refractivity contribution in [2.24, 2.45) is 7.05 Å². The van der Waals surface area contributed by atoms with Gasteiger partial charge in [-0.25, -0.2) is 9.67 Å². The average molecular weight is 326 g/mol. The van der Waals surface area contributed by atoms with Crippen molar-refractivity contribution < 1.29 is 9.53 Å². The second-order valence-corrected chi connectivity index (χ2v) is 6.80. The topological polar surface area (TPSA) is 69.9 Å². The smallest absolute Gasteiger partial charge is 0.170 e. The third-order valence-electron chi connectivity index (χ3n) is 4.92. The van der Waals surface area contributed by atoms with Crippen LogP contribution >= 0.6 is 0 Å². The number of hydrogen-bond donors (Lipinski definition) is 0. The molecule has 0 aliphatic heterocycles. The van der Waals surface area contributed by atoms with Gasteiger partial charge >= 0.3 is 0 Å². The van der Waals surface area contributed by atoms with Crippen LogP contribution in [-0.4, -0.2) is 32.4 Å². The molecular weight excluding hydrogens is 304 g/mol. The third-order valence-corrected chi connectivity index (χ3v) is 4.92. The van der Waals surface area contributed by atoms with E-state index >= 15 is 0 Å². The molecule has 0 spiro atoms. The molecular formula is C18H22N4O2. The van der Waals surface area contributed by atoms with Crippen molar-refractivity contribution >= 4 is 6.29 Å². The van der Waals surface area contributed by atoms with Crippen LogP contribution in [0.2, 0.25) is 0 Å². The average Bonchev–Trinajstić information content (AvgIpc) is 3.39. The number of rotatable bonds is 5. The SMILES string of the molecule is Cn1nnc(-c2ccc(OC3CCCCC3)c(C3CC3)n2)c1C=O. The van der Waals surface area contributed by atoms with Gasteiger partial charge in [-0.1, -0.05) is 11.6 Å². The second kappa shape index (κ2) is 6.34. The lowest BCUT2D eigenvalue weighted by atomic mass is 9.98. The van der Waals surface area contributed by atoms with E-state index in [0.29, 0.717) is 29.1 Å². The van der Waals surface area contributed by atoms with E-state index in [9.17, 15) is 4.79 Å². The molecule has 2 aliphatic carbocycles. The molecule has 0 aromatic carbocycles. The van der Waals surface area contributed by atoms with Gasteiger partial charge in [0.25, 0.3) is 0 Å². The fraction of sp³-hybridized carbons (Fsp3) is 0.556. The highest BCUT2D eigenvalue weighted by Crippen LogP contribution is 2.44. The molecule has 2 aromatic rings. The number of pyridine rings is 1. The summed E-state index contributed by atoms with van der Waals surface area (Å²) < 4.78 is 7.75. The number of carbonyl (C=O) groups is 1. The Morgan fingerprint density at radius 2 is 1.96 bits per heavy atom. The van der Waals surface area contributed by atoms with Crippen LogP contribution in [0.3, 0.4) is 0 Å². The predicted octanol–water partition coefficient (Wildman–Crippen LogP) is 3.28. The molecule has 2 aliphatic rings. The maximum absolute atomic E-state index is 11.3. The van der Waals surface area contributed by atoms with Gasteiger partial charge in [-0.15, -0.1) is 5.10 Å². The second-order valence-electron chi connectivity index (χ2n) is 6.80. The summed E-state index contributed by atoms with van der Waals surface area (Å²) in [4.78, 5) is 16.1. The first-order chi connectivity index (χ1) is 11.8. The van der Waals surface area contributed by atoms with Gasteiger partial charge in [-0.2, -0.15) is 0 Å². The summed E-state index contributed by atoms with van der Waals surface area (Å²) in [5.74, 6) is 1.38. The lowest BCUT2D eigenvalue weighted by Gasteiger charge is -2.24. The lowest BCUT2D eigenvalue weighted by molar-refractivity contribution is 0.111. The molecule has 0 N–H and O–H groups in total. The highest BCUT2D eigenvalue weighted by molar-refractivity contribution is 5.82. The van der Waals surface area contributed by atoms with Gasteiger partial charge in [0.2, 0.25) is 0 Å². The van der Waals surface area contributed by atoms with Crippen LogP contribution in [0.15, 0.2) is 12.1 Å². The number of aldehydes is 1. The van der Waals surface area contributed by atoms with Crippen LogP contribution in [0.4, 0.5) is 0 Å². The zero-order chi connectivity index (χ0) is 16.5. The molecule has 0 amide bonds. The van der Waals surface area contributed by atoms with Crippen molar-refractivity contribution in [3.8, 4) is 17.1 Å². The van der Waals surface area contributed by atoms with E-state index in [1.54, 1.807) is 7.05 Å². The highest BCUT2D eigenvalue weighted by atomic mass is 16.5. The molecule has 0 saturated heterocycles. The van der Waals surface area contributed by atoms with Gasteiger partial charge in [-0.05, 0) is 50.7 Å². The maximum Gasteiger partial charge on any atom is 0.170 e. The molecule has 24 heavy (non-hydrogen) atoms. The molecule has 126 valence electrons. The zero-order valence-corrected chi connectivity index (χ0v) is 13.9. The zero-order valence-electron chi connectivity index (χ0n) is 13.9. The Morgan fingerprint density at radius 3 is 2.67 bits per heavy atom. The van der Waals surface area contributed by atoms with E-state index in [1.807, 2.05) is 12.1 Å². The Bertz CT molecular complexity index is 745. The van der Waals surface area contributed by atoms with Crippen LogP contribution in [0.5, 0.6) is 5.75 Å². The minimum atomic E-state index is 0.311. The lowest BCUT2D eigenvalue weighted by Crippen LogP contribution is -2.20. The van der Waals surface area contributed by atoms with Gasteiger partial charge in [0.15, 0.2) is 6.29 Å². The largest absolute Gasteiger partial charge is 0.489 e. The Balaban J connectivity index is 1.65. The van der Waals surface area contributed by atoms with E-state index in [2.05, 4.69) is 10.3 Å². The molecule has 6 nitrogen and oxygen atoms in total. The van der Waals surface area contributed by atoms with E-state index < -0.39 is 0 Å². The monoisotopic (exact) mass is 326 g/mol. The van der Waals surface area contributed by atoms with E-state index in [1.165, 1.54) is 23.9 Å². The van der Waals surface area contributed by atoms with Gasteiger partial charge in [0.1, 0.15) is 17.1 Å². The fourth-order valence-electron chi connectivity index (χ4n) is 3.38. The van der Waals surface area contributed by atoms with Gasteiger partial charge < -0.3 is 4.74 Å². The van der Waals surface area contributed by atoms with Crippen molar-refractivity contribution in [2.75, 3.05) is 0 Å². The standard InChI is InChI=1S/C18H22N4O2/c1-22-15(11-23)18(20-21-22)14-9-10-16(17(19-14)12-7-8-12)24-13-5-3-2-4-6-13/h9-13H,2-8H2,1H3. The minimum absolute atomic E-state index is 0.311.